The summed E-state index contributed by atoms with van der Waals surface area (Å²) in [4.78, 5) is 33.9. The van der Waals surface area contributed by atoms with Crippen molar-refractivity contribution in [3.63, 3.8) is 0 Å². The summed E-state index contributed by atoms with van der Waals surface area (Å²) < 4.78 is 29.9. The van der Waals surface area contributed by atoms with Crippen molar-refractivity contribution >= 4 is 34.2 Å². The zero-order valence-corrected chi connectivity index (χ0v) is 16.9. The number of fused-ring (bicyclic) bond motifs is 3. The molecule has 1 amide bonds. The van der Waals surface area contributed by atoms with Crippen LogP contribution in [0, 0.1) is 15.9 Å². The number of esters is 1. The number of benzene rings is 2. The third-order valence-corrected chi connectivity index (χ3v) is 5.08. The maximum atomic E-state index is 13.7. The number of hydrogen-bond donors (Lipinski definition) is 1. The molecule has 1 aromatic heterocycles. The first-order chi connectivity index (χ1) is 15.4. The van der Waals surface area contributed by atoms with Crippen LogP contribution < -0.4 is 10.1 Å². The summed E-state index contributed by atoms with van der Waals surface area (Å²) in [6.45, 7) is -1.12. The van der Waals surface area contributed by atoms with Crippen molar-refractivity contribution in [2.45, 2.75) is 25.7 Å². The number of nitrogens with zero attached hydrogens (tertiary/aromatic N) is 1. The zero-order valence-electron chi connectivity index (χ0n) is 16.9. The van der Waals surface area contributed by atoms with Crippen molar-refractivity contribution in [2.24, 2.45) is 0 Å². The Bertz CT molecular complexity index is 1200. The van der Waals surface area contributed by atoms with Crippen LogP contribution in [0.5, 0.6) is 5.75 Å². The summed E-state index contributed by atoms with van der Waals surface area (Å²) >= 11 is 0. The number of amides is 1. The van der Waals surface area contributed by atoms with E-state index in [0.717, 1.165) is 60.6 Å². The molecule has 0 saturated carbocycles. The number of rotatable bonds is 7. The maximum absolute atomic E-state index is 13.7. The average Bonchev–Trinajstić information content (AvgIpc) is 3.15. The Morgan fingerprint density at radius 1 is 1.12 bits per heavy atom. The number of nitro groups is 1. The van der Waals surface area contributed by atoms with E-state index >= 15 is 0 Å². The first-order valence-electron chi connectivity index (χ1n) is 9.97. The molecule has 32 heavy (non-hydrogen) atoms. The summed E-state index contributed by atoms with van der Waals surface area (Å²) in [5.41, 5.74) is 1.18. The number of carbonyl (C=O) groups is 2. The van der Waals surface area contributed by atoms with E-state index in [1.165, 1.54) is 5.56 Å². The van der Waals surface area contributed by atoms with Crippen molar-refractivity contribution < 1.29 is 32.8 Å². The van der Waals surface area contributed by atoms with Gasteiger partial charge >= 0.3 is 5.97 Å². The zero-order chi connectivity index (χ0) is 22.7. The van der Waals surface area contributed by atoms with Crippen molar-refractivity contribution in [1.82, 2.24) is 0 Å². The van der Waals surface area contributed by atoms with Gasteiger partial charge in [-0.05, 0) is 43.5 Å². The topological polar surface area (TPSA) is 121 Å². The molecule has 0 unspecified atom stereocenters. The maximum Gasteiger partial charge on any atom is 0.344 e. The highest BCUT2D eigenvalue weighted by Crippen LogP contribution is 2.33. The first-order valence-corrected chi connectivity index (χ1v) is 9.97. The number of halogens is 1. The van der Waals surface area contributed by atoms with E-state index < -0.39 is 35.8 Å². The Balaban J connectivity index is 1.29. The fourth-order valence-electron chi connectivity index (χ4n) is 3.57. The molecule has 1 aliphatic rings. The van der Waals surface area contributed by atoms with E-state index in [2.05, 4.69) is 5.32 Å². The Kier molecular flexibility index (Phi) is 6.02. The number of anilines is 1. The molecular formula is C22H19FN2O7. The Hall–Kier alpha value is -3.95. The fraction of sp³-hybridized carbons (Fsp3) is 0.273. The van der Waals surface area contributed by atoms with Crippen molar-refractivity contribution in [3.05, 3.63) is 63.7 Å². The summed E-state index contributed by atoms with van der Waals surface area (Å²) in [6.07, 6.45) is 4.05. The summed E-state index contributed by atoms with van der Waals surface area (Å²) in [7, 11) is 0. The number of carbonyl (C=O) groups excluding carboxylic acids is 2. The lowest BCUT2D eigenvalue weighted by atomic mass is 9.96. The van der Waals surface area contributed by atoms with Crippen LogP contribution in [0.15, 0.2) is 40.8 Å². The number of ether oxygens (including phenoxy) is 2. The highest BCUT2D eigenvalue weighted by Gasteiger charge is 2.19. The molecular weight excluding hydrogens is 423 g/mol. The minimum absolute atomic E-state index is 0.381. The molecule has 0 aliphatic heterocycles. The highest BCUT2D eigenvalue weighted by atomic mass is 19.1. The number of furan rings is 1. The van der Waals surface area contributed by atoms with E-state index in [0.29, 0.717) is 5.75 Å². The number of nitro benzene ring substituents is 1. The van der Waals surface area contributed by atoms with E-state index in [-0.39, 0.29) is 11.4 Å². The SMILES string of the molecule is O=C(COC(=O)COc1ccc2oc3c(c2c1)CCCC3)Nc1cc([N+](=O)[O-])ccc1F. The quantitative estimate of drug-likeness (QED) is 0.334. The van der Waals surface area contributed by atoms with Gasteiger partial charge in [0.2, 0.25) is 0 Å². The Labute approximate surface area is 181 Å². The molecule has 0 atom stereocenters. The van der Waals surface area contributed by atoms with Gasteiger partial charge in [0.05, 0.1) is 10.6 Å². The average molecular weight is 442 g/mol. The van der Waals surface area contributed by atoms with Gasteiger partial charge in [0.15, 0.2) is 13.2 Å². The fourth-order valence-corrected chi connectivity index (χ4v) is 3.57. The molecule has 3 aromatic rings. The molecule has 0 saturated heterocycles. The largest absolute Gasteiger partial charge is 0.482 e. The second kappa shape index (κ2) is 9.04. The number of non-ortho nitro benzene ring substituents is 1. The molecule has 2 aromatic carbocycles. The van der Waals surface area contributed by atoms with E-state index in [1.807, 2.05) is 6.07 Å². The van der Waals surface area contributed by atoms with Gasteiger partial charge in [-0.25, -0.2) is 9.18 Å². The second-order valence-corrected chi connectivity index (χ2v) is 7.29. The third kappa shape index (κ3) is 4.69. The van der Waals surface area contributed by atoms with Gasteiger partial charge < -0.3 is 19.2 Å². The number of nitrogens with one attached hydrogen (secondary N) is 1. The van der Waals surface area contributed by atoms with E-state index in [1.54, 1.807) is 12.1 Å². The minimum atomic E-state index is -0.851. The number of aryl methyl sites for hydroxylation is 2. The summed E-state index contributed by atoms with van der Waals surface area (Å²) in [5, 5.41) is 13.9. The second-order valence-electron chi connectivity index (χ2n) is 7.29. The summed E-state index contributed by atoms with van der Waals surface area (Å²) in [5.74, 6) is -1.03. The molecule has 0 bridgehead atoms. The van der Waals surface area contributed by atoms with Gasteiger partial charge in [-0.1, -0.05) is 0 Å². The van der Waals surface area contributed by atoms with Crippen LogP contribution in [0.25, 0.3) is 11.0 Å². The molecule has 9 nitrogen and oxygen atoms in total. The Morgan fingerprint density at radius 2 is 1.94 bits per heavy atom. The van der Waals surface area contributed by atoms with E-state index in [9.17, 15) is 24.1 Å². The molecule has 0 spiro atoms. The van der Waals surface area contributed by atoms with Crippen LogP contribution >= 0.6 is 0 Å². The predicted octanol–water partition coefficient (Wildman–Crippen LogP) is 3.92. The first kappa shape index (κ1) is 21.3. The lowest BCUT2D eigenvalue weighted by molar-refractivity contribution is -0.384. The van der Waals surface area contributed by atoms with Crippen LogP contribution in [0.4, 0.5) is 15.8 Å². The van der Waals surface area contributed by atoms with Crippen LogP contribution in [0.3, 0.4) is 0 Å². The van der Waals surface area contributed by atoms with Crippen LogP contribution in [-0.4, -0.2) is 30.0 Å². The molecule has 0 fully saturated rings. The highest BCUT2D eigenvalue weighted by molar-refractivity contribution is 5.93. The standard InChI is InChI=1S/C22H19FN2O7/c23-17-7-5-13(25(28)29)9-18(17)24-21(26)11-31-22(27)12-30-14-6-8-20-16(10-14)15-3-1-2-4-19(15)32-20/h5-10H,1-4,11-12H2,(H,24,26). The van der Waals surface area contributed by atoms with Crippen LogP contribution in [0.2, 0.25) is 0 Å². The molecule has 1 aliphatic carbocycles. The van der Waals surface area contributed by atoms with Gasteiger partial charge in [0.1, 0.15) is 22.9 Å². The van der Waals surface area contributed by atoms with Crippen molar-refractivity contribution in [3.8, 4) is 5.75 Å². The molecule has 1 N–H and O–H groups in total. The van der Waals surface area contributed by atoms with Gasteiger partial charge in [-0.3, -0.25) is 14.9 Å². The minimum Gasteiger partial charge on any atom is -0.482 e. The van der Waals surface area contributed by atoms with E-state index in [4.69, 9.17) is 13.9 Å². The molecule has 4 rings (SSSR count). The normalized spacial score (nSPS) is 12.8. The monoisotopic (exact) mass is 442 g/mol. The third-order valence-electron chi connectivity index (χ3n) is 5.08. The lowest BCUT2D eigenvalue weighted by Crippen LogP contribution is -2.24. The van der Waals surface area contributed by atoms with Gasteiger partial charge in [0, 0.05) is 29.5 Å². The van der Waals surface area contributed by atoms with Crippen LogP contribution in [0.1, 0.15) is 24.2 Å². The van der Waals surface area contributed by atoms with Crippen molar-refractivity contribution in [1.29, 1.82) is 0 Å². The van der Waals surface area contributed by atoms with Gasteiger partial charge in [0.25, 0.3) is 11.6 Å². The molecule has 166 valence electrons. The predicted molar refractivity (Wildman–Crippen MR) is 111 cm³/mol. The number of hydrogen-bond acceptors (Lipinski definition) is 7. The molecule has 1 heterocycles. The van der Waals surface area contributed by atoms with Crippen molar-refractivity contribution in [2.75, 3.05) is 18.5 Å². The van der Waals surface area contributed by atoms with Gasteiger partial charge in [-0.2, -0.15) is 0 Å². The molecule has 10 heteroatoms. The molecule has 0 radical (unpaired) electrons. The summed E-state index contributed by atoms with van der Waals surface area (Å²) in [6, 6.07) is 8.00. The smallest absolute Gasteiger partial charge is 0.344 e. The Morgan fingerprint density at radius 3 is 2.75 bits per heavy atom. The van der Waals surface area contributed by atoms with Crippen LogP contribution in [-0.2, 0) is 27.2 Å². The lowest BCUT2D eigenvalue weighted by Gasteiger charge is -2.09. The van der Waals surface area contributed by atoms with Gasteiger partial charge in [-0.15, -0.1) is 0 Å².